The van der Waals surface area contributed by atoms with Crippen molar-refractivity contribution in [3.63, 3.8) is 0 Å². The van der Waals surface area contributed by atoms with Gasteiger partial charge in [0.1, 0.15) is 23.4 Å². The van der Waals surface area contributed by atoms with Crippen LogP contribution in [0.25, 0.3) is 0 Å². The number of amides is 5. The first-order chi connectivity index (χ1) is 19.9. The van der Waals surface area contributed by atoms with Crippen LogP contribution in [0.2, 0.25) is 0 Å². The third-order valence-corrected chi connectivity index (χ3v) is 6.54. The average Bonchev–Trinajstić information content (AvgIpc) is 2.94. The number of carbonyl (C=O) groups is 5. The summed E-state index contributed by atoms with van der Waals surface area (Å²) >= 11 is 0. The molecule has 42 heavy (non-hydrogen) atoms. The zero-order valence-corrected chi connectivity index (χ0v) is 24.4. The summed E-state index contributed by atoms with van der Waals surface area (Å²) in [5.41, 5.74) is 0.809. The summed E-state index contributed by atoms with van der Waals surface area (Å²) in [6.07, 6.45) is -0.207. The fraction of sp³-hybridized carbons (Fsp3) is 0.433. The summed E-state index contributed by atoms with van der Waals surface area (Å²) in [6, 6.07) is 13.8. The molecule has 1 fully saturated rings. The van der Waals surface area contributed by atoms with Crippen LogP contribution >= 0.6 is 0 Å². The molecule has 2 aromatic rings. The minimum Gasteiger partial charge on any atom is -0.508 e. The van der Waals surface area contributed by atoms with Crippen LogP contribution in [0, 0.1) is 0 Å². The fourth-order valence-corrected chi connectivity index (χ4v) is 4.47. The number of hydrogen-bond donors (Lipinski definition) is 4. The molecule has 12 nitrogen and oxygen atoms in total. The number of aromatic hydroxyl groups is 1. The number of carbonyl (C=O) groups excluding carboxylic acids is 5. The second kappa shape index (κ2) is 14.3. The molecule has 1 unspecified atom stereocenters. The van der Waals surface area contributed by atoms with Gasteiger partial charge in [-0.3, -0.25) is 24.1 Å². The number of likely N-dealkylation sites (N-methyl/N-ethyl adjacent to an activating group) is 1. The standard InChI is InChI=1S/C30H39N5O7/c1-30(2,3)42-29(41)35-15-14-34(28(40)24(35)17-21-10-12-22(36)13-11-21)19-26(38)32-18-25(37)33-23(27(39)31-4)16-20-8-6-5-7-9-20/h5-13,23-24,36H,14-19H2,1-4H3,(H,31,39)(H,32,38)(H,33,37)/t23-,24?/m0/s1. The summed E-state index contributed by atoms with van der Waals surface area (Å²) < 4.78 is 5.51. The van der Waals surface area contributed by atoms with E-state index in [-0.39, 0.29) is 50.7 Å². The molecule has 1 heterocycles. The van der Waals surface area contributed by atoms with Crippen LogP contribution in [-0.2, 0) is 36.8 Å². The topological polar surface area (TPSA) is 157 Å². The third-order valence-electron chi connectivity index (χ3n) is 6.54. The van der Waals surface area contributed by atoms with Crippen LogP contribution in [0.3, 0.4) is 0 Å². The Morgan fingerprint density at radius 2 is 1.64 bits per heavy atom. The summed E-state index contributed by atoms with van der Waals surface area (Å²) in [7, 11) is 1.47. The van der Waals surface area contributed by atoms with Crippen LogP contribution in [-0.4, -0.2) is 95.5 Å². The first kappa shape index (κ1) is 31.9. The van der Waals surface area contributed by atoms with Crippen LogP contribution in [0.1, 0.15) is 31.9 Å². The summed E-state index contributed by atoms with van der Waals surface area (Å²) in [5.74, 6) is -1.86. The normalized spacial score (nSPS) is 15.9. The quantitative estimate of drug-likeness (QED) is 0.326. The predicted molar refractivity (Wildman–Crippen MR) is 154 cm³/mol. The number of phenols is 1. The van der Waals surface area contributed by atoms with Crippen LogP contribution in [0.5, 0.6) is 5.75 Å². The Labute approximate surface area is 245 Å². The fourth-order valence-electron chi connectivity index (χ4n) is 4.47. The van der Waals surface area contributed by atoms with Gasteiger partial charge in [-0.2, -0.15) is 0 Å². The van der Waals surface area contributed by atoms with E-state index in [0.29, 0.717) is 5.56 Å². The maximum absolute atomic E-state index is 13.5. The lowest BCUT2D eigenvalue weighted by molar-refractivity contribution is -0.144. The highest BCUT2D eigenvalue weighted by molar-refractivity contribution is 5.93. The van der Waals surface area contributed by atoms with E-state index in [1.807, 2.05) is 30.3 Å². The van der Waals surface area contributed by atoms with E-state index in [1.54, 1.807) is 32.9 Å². The molecular weight excluding hydrogens is 542 g/mol. The van der Waals surface area contributed by atoms with Crippen LogP contribution in [0.4, 0.5) is 4.79 Å². The number of piperazine rings is 1. The third kappa shape index (κ3) is 9.50. The Hall–Kier alpha value is -4.61. The Bertz CT molecular complexity index is 1260. The molecule has 12 heteroatoms. The minimum absolute atomic E-state index is 0.0711. The number of ether oxygens (including phenoxy) is 1. The van der Waals surface area contributed by atoms with Gasteiger partial charge >= 0.3 is 6.09 Å². The van der Waals surface area contributed by atoms with Gasteiger partial charge in [-0.1, -0.05) is 42.5 Å². The van der Waals surface area contributed by atoms with Gasteiger partial charge in [0, 0.05) is 33.0 Å². The lowest BCUT2D eigenvalue weighted by Crippen LogP contribution is -2.61. The highest BCUT2D eigenvalue weighted by Crippen LogP contribution is 2.21. The van der Waals surface area contributed by atoms with Gasteiger partial charge < -0.3 is 30.7 Å². The van der Waals surface area contributed by atoms with Crippen molar-refractivity contribution >= 4 is 29.7 Å². The summed E-state index contributed by atoms with van der Waals surface area (Å²) in [5, 5.41) is 17.3. The minimum atomic E-state index is -0.930. The van der Waals surface area contributed by atoms with Gasteiger partial charge in [0.05, 0.1) is 13.1 Å². The Morgan fingerprint density at radius 3 is 2.26 bits per heavy atom. The molecule has 1 saturated heterocycles. The van der Waals surface area contributed by atoms with Crippen molar-refractivity contribution in [1.29, 1.82) is 0 Å². The molecule has 0 aliphatic carbocycles. The molecule has 0 spiro atoms. The highest BCUT2D eigenvalue weighted by atomic mass is 16.6. The first-order valence-electron chi connectivity index (χ1n) is 13.7. The van der Waals surface area contributed by atoms with Crippen molar-refractivity contribution in [3.05, 3.63) is 65.7 Å². The molecule has 2 atom stereocenters. The Kier molecular flexibility index (Phi) is 10.9. The predicted octanol–water partition coefficient (Wildman–Crippen LogP) is 0.972. The molecule has 1 aliphatic heterocycles. The molecule has 226 valence electrons. The van der Waals surface area contributed by atoms with E-state index in [0.717, 1.165) is 5.56 Å². The van der Waals surface area contributed by atoms with Gasteiger partial charge in [0.2, 0.25) is 23.6 Å². The molecule has 5 amide bonds. The molecule has 4 N–H and O–H groups in total. The molecule has 0 bridgehead atoms. The van der Waals surface area contributed by atoms with Gasteiger partial charge in [-0.05, 0) is 44.0 Å². The zero-order chi connectivity index (χ0) is 30.9. The largest absolute Gasteiger partial charge is 0.508 e. The molecule has 2 aromatic carbocycles. The van der Waals surface area contributed by atoms with E-state index in [9.17, 15) is 29.1 Å². The van der Waals surface area contributed by atoms with Gasteiger partial charge in [-0.25, -0.2) is 4.79 Å². The van der Waals surface area contributed by atoms with E-state index in [4.69, 9.17) is 4.74 Å². The van der Waals surface area contributed by atoms with Crippen molar-refractivity contribution in [3.8, 4) is 5.75 Å². The monoisotopic (exact) mass is 581 g/mol. The molecule has 0 radical (unpaired) electrons. The maximum Gasteiger partial charge on any atom is 0.411 e. The second-order valence-corrected chi connectivity index (χ2v) is 11.0. The molecule has 0 aromatic heterocycles. The van der Waals surface area contributed by atoms with Crippen molar-refractivity contribution < 1.29 is 33.8 Å². The highest BCUT2D eigenvalue weighted by Gasteiger charge is 2.40. The SMILES string of the molecule is CNC(=O)[C@H](Cc1ccccc1)NC(=O)CNC(=O)CN1CCN(C(=O)OC(C)(C)C)C(Cc2ccc(O)cc2)C1=O. The van der Waals surface area contributed by atoms with Gasteiger partial charge in [0.25, 0.3) is 0 Å². The average molecular weight is 582 g/mol. The first-order valence-corrected chi connectivity index (χ1v) is 13.7. The number of hydrogen-bond acceptors (Lipinski definition) is 7. The maximum atomic E-state index is 13.5. The number of phenolic OH excluding ortho intramolecular Hbond substituents is 1. The Balaban J connectivity index is 1.61. The van der Waals surface area contributed by atoms with Crippen molar-refractivity contribution in [1.82, 2.24) is 25.8 Å². The van der Waals surface area contributed by atoms with Crippen LogP contribution < -0.4 is 16.0 Å². The number of nitrogens with one attached hydrogen (secondary N) is 3. The van der Waals surface area contributed by atoms with E-state index in [1.165, 1.54) is 29.0 Å². The van der Waals surface area contributed by atoms with E-state index in [2.05, 4.69) is 16.0 Å². The molecule has 1 aliphatic rings. The second-order valence-electron chi connectivity index (χ2n) is 11.0. The lowest BCUT2D eigenvalue weighted by Gasteiger charge is -2.40. The molecule has 3 rings (SSSR count). The van der Waals surface area contributed by atoms with Crippen molar-refractivity contribution in [2.24, 2.45) is 0 Å². The van der Waals surface area contributed by atoms with Gasteiger partial charge in [0.15, 0.2) is 0 Å². The zero-order valence-electron chi connectivity index (χ0n) is 24.4. The summed E-state index contributed by atoms with van der Waals surface area (Å²) in [6.45, 7) is 4.74. The van der Waals surface area contributed by atoms with E-state index >= 15 is 0 Å². The number of benzene rings is 2. The van der Waals surface area contributed by atoms with Crippen LogP contribution in [0.15, 0.2) is 54.6 Å². The smallest absolute Gasteiger partial charge is 0.411 e. The molecule has 0 saturated carbocycles. The number of nitrogens with zero attached hydrogens (tertiary/aromatic N) is 2. The molecular formula is C30H39N5O7. The summed E-state index contributed by atoms with van der Waals surface area (Å²) in [4.78, 5) is 66.7. The van der Waals surface area contributed by atoms with Gasteiger partial charge in [-0.15, -0.1) is 0 Å². The van der Waals surface area contributed by atoms with E-state index < -0.39 is 41.5 Å². The van der Waals surface area contributed by atoms with Crippen molar-refractivity contribution in [2.75, 3.05) is 33.2 Å². The van der Waals surface area contributed by atoms with Crippen molar-refractivity contribution in [2.45, 2.75) is 51.3 Å². The number of rotatable bonds is 10. The Morgan fingerprint density at radius 1 is 0.976 bits per heavy atom. The lowest BCUT2D eigenvalue weighted by atomic mass is 10.0.